The van der Waals surface area contributed by atoms with Gasteiger partial charge in [-0.15, -0.1) is 0 Å². The number of methoxy groups -OCH3 is 1. The minimum absolute atomic E-state index is 0.164. The maximum absolute atomic E-state index is 6.30. The van der Waals surface area contributed by atoms with E-state index in [1.165, 1.54) is 6.33 Å². The minimum atomic E-state index is -0.164. The van der Waals surface area contributed by atoms with Crippen molar-refractivity contribution in [1.29, 1.82) is 0 Å². The number of nitrogens with zero attached hydrogens (tertiary/aromatic N) is 2. The summed E-state index contributed by atoms with van der Waals surface area (Å²) in [5, 5.41) is 4.39. The number of nitrogens with one attached hydrogen (secondary N) is 1. The van der Waals surface area contributed by atoms with Crippen LogP contribution in [0.4, 0.5) is 0 Å². The summed E-state index contributed by atoms with van der Waals surface area (Å²) in [6.45, 7) is 2.78. The van der Waals surface area contributed by atoms with E-state index in [9.17, 15) is 0 Å². The topological polar surface area (TPSA) is 47.0 Å². The Labute approximate surface area is 128 Å². The van der Waals surface area contributed by atoms with Crippen LogP contribution in [-0.2, 0) is 0 Å². The predicted octanol–water partition coefficient (Wildman–Crippen LogP) is 3.49. The summed E-state index contributed by atoms with van der Waals surface area (Å²) in [6.07, 6.45) is 1.47. The predicted molar refractivity (Wildman–Crippen MR) is 80.6 cm³/mol. The van der Waals surface area contributed by atoms with Gasteiger partial charge in [0.15, 0.2) is 0 Å². The van der Waals surface area contributed by atoms with Crippen molar-refractivity contribution >= 4 is 23.2 Å². The van der Waals surface area contributed by atoms with Gasteiger partial charge < -0.3 is 10.1 Å². The summed E-state index contributed by atoms with van der Waals surface area (Å²) in [6, 6.07) is 7.17. The molecule has 0 radical (unpaired) electrons. The highest BCUT2D eigenvalue weighted by atomic mass is 35.5. The average Bonchev–Trinajstić information content (AvgIpc) is 2.48. The van der Waals surface area contributed by atoms with Crippen LogP contribution >= 0.6 is 23.2 Å². The Morgan fingerprint density at radius 2 is 2.10 bits per heavy atom. The van der Waals surface area contributed by atoms with Crippen LogP contribution in [0, 0.1) is 0 Å². The van der Waals surface area contributed by atoms with E-state index in [-0.39, 0.29) is 6.04 Å². The maximum atomic E-state index is 6.30. The third-order valence-electron chi connectivity index (χ3n) is 2.87. The summed E-state index contributed by atoms with van der Waals surface area (Å²) in [7, 11) is 1.57. The van der Waals surface area contributed by atoms with E-state index in [2.05, 4.69) is 15.3 Å². The summed E-state index contributed by atoms with van der Waals surface area (Å²) < 4.78 is 5.14. The molecule has 0 amide bonds. The van der Waals surface area contributed by atoms with Crippen LogP contribution in [0.5, 0.6) is 5.88 Å². The zero-order valence-corrected chi connectivity index (χ0v) is 12.7. The second kappa shape index (κ2) is 6.88. The molecule has 106 valence electrons. The van der Waals surface area contributed by atoms with Crippen LogP contribution in [0.25, 0.3) is 0 Å². The third kappa shape index (κ3) is 3.20. The van der Waals surface area contributed by atoms with E-state index in [0.717, 1.165) is 17.8 Å². The molecule has 0 saturated carbocycles. The monoisotopic (exact) mass is 311 g/mol. The molecule has 1 aromatic heterocycles. The van der Waals surface area contributed by atoms with Gasteiger partial charge in [0.05, 0.1) is 28.9 Å². The van der Waals surface area contributed by atoms with Gasteiger partial charge in [-0.2, -0.15) is 0 Å². The molecule has 20 heavy (non-hydrogen) atoms. The molecule has 1 aromatic carbocycles. The van der Waals surface area contributed by atoms with E-state index < -0.39 is 0 Å². The number of halogens is 2. The quantitative estimate of drug-likeness (QED) is 0.918. The summed E-state index contributed by atoms with van der Waals surface area (Å²) in [5.41, 5.74) is 1.66. The smallest absolute Gasteiger partial charge is 0.216 e. The Morgan fingerprint density at radius 3 is 2.80 bits per heavy atom. The first-order valence-corrected chi connectivity index (χ1v) is 6.96. The highest BCUT2D eigenvalue weighted by molar-refractivity contribution is 6.42. The molecule has 0 aliphatic heterocycles. The molecule has 0 spiro atoms. The Bertz CT molecular complexity index is 592. The lowest BCUT2D eigenvalue weighted by molar-refractivity contribution is 0.395. The van der Waals surface area contributed by atoms with Crippen LogP contribution in [0.2, 0.25) is 10.0 Å². The van der Waals surface area contributed by atoms with Crippen LogP contribution in [0.15, 0.2) is 30.6 Å². The zero-order chi connectivity index (χ0) is 14.5. The maximum Gasteiger partial charge on any atom is 0.216 e. The van der Waals surface area contributed by atoms with Crippen molar-refractivity contribution in [3.8, 4) is 5.88 Å². The lowest BCUT2D eigenvalue weighted by atomic mass is 10.0. The SMILES string of the molecule is CCNC(c1cc(OC)ncn1)c1cccc(Cl)c1Cl. The Hall–Kier alpha value is -1.36. The molecular weight excluding hydrogens is 297 g/mol. The highest BCUT2D eigenvalue weighted by Crippen LogP contribution is 2.32. The standard InChI is InChI=1S/C14H15Cl2N3O/c1-3-17-14(9-5-4-6-10(15)13(9)16)11-7-12(20-2)19-8-18-11/h4-8,14,17H,3H2,1-2H3. The van der Waals surface area contributed by atoms with E-state index in [0.29, 0.717) is 15.9 Å². The number of benzene rings is 1. The highest BCUT2D eigenvalue weighted by Gasteiger charge is 2.19. The first-order chi connectivity index (χ1) is 9.67. The van der Waals surface area contributed by atoms with Crippen molar-refractivity contribution < 1.29 is 4.74 Å². The van der Waals surface area contributed by atoms with Crippen molar-refractivity contribution in [3.05, 3.63) is 51.9 Å². The average molecular weight is 312 g/mol. The number of hydrogen-bond acceptors (Lipinski definition) is 4. The van der Waals surface area contributed by atoms with Crippen molar-refractivity contribution in [2.24, 2.45) is 0 Å². The number of ether oxygens (including phenoxy) is 1. The molecule has 6 heteroatoms. The van der Waals surface area contributed by atoms with Gasteiger partial charge in [-0.1, -0.05) is 42.3 Å². The van der Waals surface area contributed by atoms with Crippen molar-refractivity contribution in [2.75, 3.05) is 13.7 Å². The van der Waals surface area contributed by atoms with Crippen LogP contribution in [-0.4, -0.2) is 23.6 Å². The van der Waals surface area contributed by atoms with Gasteiger partial charge in [-0.05, 0) is 18.2 Å². The van der Waals surface area contributed by atoms with Crippen LogP contribution in [0.3, 0.4) is 0 Å². The lowest BCUT2D eigenvalue weighted by Gasteiger charge is -2.19. The van der Waals surface area contributed by atoms with Gasteiger partial charge in [0.25, 0.3) is 0 Å². The van der Waals surface area contributed by atoms with E-state index >= 15 is 0 Å². The zero-order valence-electron chi connectivity index (χ0n) is 11.2. The number of hydrogen-bond donors (Lipinski definition) is 1. The van der Waals surface area contributed by atoms with Crippen LogP contribution in [0.1, 0.15) is 24.2 Å². The van der Waals surface area contributed by atoms with Gasteiger partial charge in [0.1, 0.15) is 6.33 Å². The fourth-order valence-corrected chi connectivity index (χ4v) is 2.36. The van der Waals surface area contributed by atoms with Gasteiger partial charge in [-0.3, -0.25) is 0 Å². The van der Waals surface area contributed by atoms with E-state index in [4.69, 9.17) is 27.9 Å². The molecule has 4 nitrogen and oxygen atoms in total. The number of rotatable bonds is 5. The second-order valence-corrected chi connectivity index (χ2v) is 4.90. The summed E-state index contributed by atoms with van der Waals surface area (Å²) >= 11 is 12.4. The normalized spacial score (nSPS) is 12.2. The molecule has 2 aromatic rings. The summed E-state index contributed by atoms with van der Waals surface area (Å²) in [5.74, 6) is 0.510. The number of aromatic nitrogens is 2. The van der Waals surface area contributed by atoms with Crippen LogP contribution < -0.4 is 10.1 Å². The van der Waals surface area contributed by atoms with Crippen molar-refractivity contribution in [1.82, 2.24) is 15.3 Å². The Morgan fingerprint density at radius 1 is 1.30 bits per heavy atom. The molecule has 0 aliphatic rings. The molecule has 0 fully saturated rings. The Balaban J connectivity index is 2.47. The third-order valence-corrected chi connectivity index (χ3v) is 3.70. The first kappa shape index (κ1) is 15.0. The fraction of sp³-hybridized carbons (Fsp3) is 0.286. The van der Waals surface area contributed by atoms with Crippen molar-refractivity contribution in [2.45, 2.75) is 13.0 Å². The molecule has 1 heterocycles. The molecule has 2 rings (SSSR count). The van der Waals surface area contributed by atoms with E-state index in [1.54, 1.807) is 19.2 Å². The second-order valence-electron chi connectivity index (χ2n) is 4.12. The molecule has 1 unspecified atom stereocenters. The molecule has 0 saturated heterocycles. The minimum Gasteiger partial charge on any atom is -0.481 e. The van der Waals surface area contributed by atoms with E-state index in [1.807, 2.05) is 19.1 Å². The van der Waals surface area contributed by atoms with Gasteiger partial charge >= 0.3 is 0 Å². The molecular formula is C14H15Cl2N3O. The lowest BCUT2D eigenvalue weighted by Crippen LogP contribution is -2.23. The molecule has 1 N–H and O–H groups in total. The van der Waals surface area contributed by atoms with Gasteiger partial charge in [0, 0.05) is 6.07 Å². The molecule has 0 aliphatic carbocycles. The largest absolute Gasteiger partial charge is 0.481 e. The molecule has 0 bridgehead atoms. The first-order valence-electron chi connectivity index (χ1n) is 6.20. The summed E-state index contributed by atoms with van der Waals surface area (Å²) in [4.78, 5) is 8.31. The fourth-order valence-electron chi connectivity index (χ4n) is 1.94. The van der Waals surface area contributed by atoms with Gasteiger partial charge in [-0.25, -0.2) is 9.97 Å². The molecule has 1 atom stereocenters. The Kier molecular flexibility index (Phi) is 5.17. The van der Waals surface area contributed by atoms with Crippen molar-refractivity contribution in [3.63, 3.8) is 0 Å². The van der Waals surface area contributed by atoms with Gasteiger partial charge in [0.2, 0.25) is 5.88 Å².